The van der Waals surface area contributed by atoms with Gasteiger partial charge in [0, 0.05) is 11.3 Å². The van der Waals surface area contributed by atoms with Crippen molar-refractivity contribution < 1.29 is 4.79 Å². The molecule has 1 amide bonds. The SMILES string of the molecule is CSC1(CNC(=O)C2(C)CCCN2)CCC1. The second-order valence-electron chi connectivity index (χ2n) is 5.29. The Labute approximate surface area is 102 Å². The second kappa shape index (κ2) is 4.57. The molecule has 0 aromatic carbocycles. The van der Waals surface area contributed by atoms with E-state index in [1.807, 2.05) is 18.7 Å². The van der Waals surface area contributed by atoms with Gasteiger partial charge in [-0.25, -0.2) is 0 Å². The predicted molar refractivity (Wildman–Crippen MR) is 68.7 cm³/mol. The third-order valence-electron chi connectivity index (χ3n) is 4.14. The van der Waals surface area contributed by atoms with Crippen LogP contribution in [0.3, 0.4) is 0 Å². The quantitative estimate of drug-likeness (QED) is 0.785. The highest BCUT2D eigenvalue weighted by atomic mass is 32.2. The first-order valence-electron chi connectivity index (χ1n) is 6.19. The van der Waals surface area contributed by atoms with Crippen LogP contribution in [0.25, 0.3) is 0 Å². The van der Waals surface area contributed by atoms with Crippen LogP contribution in [0.2, 0.25) is 0 Å². The average molecular weight is 242 g/mol. The molecule has 1 aliphatic carbocycles. The third-order valence-corrected chi connectivity index (χ3v) is 5.56. The zero-order valence-electron chi connectivity index (χ0n) is 10.3. The van der Waals surface area contributed by atoms with Gasteiger partial charge in [0.1, 0.15) is 0 Å². The number of carbonyl (C=O) groups excluding carboxylic acids is 1. The van der Waals surface area contributed by atoms with E-state index in [9.17, 15) is 4.79 Å². The largest absolute Gasteiger partial charge is 0.353 e. The molecule has 0 aromatic heterocycles. The molecule has 2 rings (SSSR count). The summed E-state index contributed by atoms with van der Waals surface area (Å²) in [4.78, 5) is 12.1. The van der Waals surface area contributed by atoms with Gasteiger partial charge in [0.25, 0.3) is 0 Å². The lowest BCUT2D eigenvalue weighted by Gasteiger charge is -2.41. The minimum Gasteiger partial charge on any atom is -0.353 e. The summed E-state index contributed by atoms with van der Waals surface area (Å²) < 4.78 is 0.338. The first-order chi connectivity index (χ1) is 7.60. The monoisotopic (exact) mass is 242 g/mol. The van der Waals surface area contributed by atoms with Crippen LogP contribution in [0.15, 0.2) is 0 Å². The van der Waals surface area contributed by atoms with Crippen molar-refractivity contribution >= 4 is 17.7 Å². The summed E-state index contributed by atoms with van der Waals surface area (Å²) >= 11 is 1.91. The van der Waals surface area contributed by atoms with Gasteiger partial charge >= 0.3 is 0 Å². The van der Waals surface area contributed by atoms with E-state index in [1.165, 1.54) is 19.3 Å². The molecule has 0 aromatic rings. The van der Waals surface area contributed by atoms with Crippen molar-refractivity contribution in [2.75, 3.05) is 19.3 Å². The molecular formula is C12H22N2OS. The van der Waals surface area contributed by atoms with E-state index in [-0.39, 0.29) is 11.4 Å². The number of thioether (sulfide) groups is 1. The van der Waals surface area contributed by atoms with Crippen LogP contribution in [0, 0.1) is 0 Å². The molecule has 1 atom stereocenters. The van der Waals surface area contributed by atoms with Crippen LogP contribution in [-0.4, -0.2) is 35.5 Å². The summed E-state index contributed by atoms with van der Waals surface area (Å²) in [5, 5.41) is 6.44. The standard InChI is InChI=1S/C12H22N2OS/c1-11(5-4-8-14-11)10(15)13-9-12(16-2)6-3-7-12/h14H,3-9H2,1-2H3,(H,13,15). The molecule has 92 valence electrons. The van der Waals surface area contributed by atoms with Gasteiger partial charge in [-0.2, -0.15) is 11.8 Å². The molecule has 0 spiro atoms. The average Bonchev–Trinajstić information content (AvgIpc) is 2.65. The highest BCUT2D eigenvalue weighted by Gasteiger charge is 2.40. The molecule has 2 N–H and O–H groups in total. The number of nitrogens with one attached hydrogen (secondary N) is 2. The lowest BCUT2D eigenvalue weighted by atomic mass is 9.84. The van der Waals surface area contributed by atoms with Crippen LogP contribution in [0.5, 0.6) is 0 Å². The van der Waals surface area contributed by atoms with Crippen molar-refractivity contribution in [2.24, 2.45) is 0 Å². The lowest BCUT2D eigenvalue weighted by Crippen LogP contribution is -2.55. The minimum absolute atomic E-state index is 0.185. The first kappa shape index (κ1) is 12.2. The van der Waals surface area contributed by atoms with Gasteiger partial charge < -0.3 is 10.6 Å². The van der Waals surface area contributed by atoms with Gasteiger partial charge in [0.05, 0.1) is 5.54 Å². The first-order valence-corrected chi connectivity index (χ1v) is 7.41. The summed E-state index contributed by atoms with van der Waals surface area (Å²) in [6.07, 6.45) is 8.03. The maximum Gasteiger partial charge on any atom is 0.240 e. The van der Waals surface area contributed by atoms with Crippen LogP contribution >= 0.6 is 11.8 Å². The van der Waals surface area contributed by atoms with Crippen molar-refractivity contribution in [2.45, 2.75) is 49.3 Å². The topological polar surface area (TPSA) is 41.1 Å². The van der Waals surface area contributed by atoms with Crippen LogP contribution in [-0.2, 0) is 4.79 Å². The van der Waals surface area contributed by atoms with Crippen LogP contribution in [0.4, 0.5) is 0 Å². The molecule has 0 radical (unpaired) electrons. The van der Waals surface area contributed by atoms with E-state index in [2.05, 4.69) is 16.9 Å². The molecular weight excluding hydrogens is 220 g/mol. The number of carbonyl (C=O) groups is 1. The highest BCUT2D eigenvalue weighted by molar-refractivity contribution is 8.00. The predicted octanol–water partition coefficient (Wildman–Crippen LogP) is 1.53. The molecule has 2 aliphatic rings. The van der Waals surface area contributed by atoms with Gasteiger partial charge in [-0.15, -0.1) is 0 Å². The van der Waals surface area contributed by atoms with Crippen molar-refractivity contribution in [1.29, 1.82) is 0 Å². The maximum atomic E-state index is 12.1. The fraction of sp³-hybridized carbons (Fsp3) is 0.917. The van der Waals surface area contributed by atoms with E-state index in [0.29, 0.717) is 4.75 Å². The summed E-state index contributed by atoms with van der Waals surface area (Å²) in [7, 11) is 0. The van der Waals surface area contributed by atoms with Crippen molar-refractivity contribution in [1.82, 2.24) is 10.6 Å². The van der Waals surface area contributed by atoms with Crippen LogP contribution < -0.4 is 10.6 Å². The van der Waals surface area contributed by atoms with Gasteiger partial charge in [-0.1, -0.05) is 6.42 Å². The van der Waals surface area contributed by atoms with E-state index >= 15 is 0 Å². The molecule has 1 saturated carbocycles. The smallest absolute Gasteiger partial charge is 0.240 e. The Kier molecular flexibility index (Phi) is 3.50. The molecule has 1 heterocycles. The number of hydrogen-bond donors (Lipinski definition) is 2. The van der Waals surface area contributed by atoms with Crippen molar-refractivity contribution in [3.05, 3.63) is 0 Å². The summed E-state index contributed by atoms with van der Waals surface area (Å²) in [5.74, 6) is 0.185. The molecule has 1 aliphatic heterocycles. The van der Waals surface area contributed by atoms with Gasteiger partial charge in [0.2, 0.25) is 5.91 Å². The molecule has 3 nitrogen and oxygen atoms in total. The number of hydrogen-bond acceptors (Lipinski definition) is 3. The maximum absolute atomic E-state index is 12.1. The summed E-state index contributed by atoms with van der Waals surface area (Å²) in [6.45, 7) is 3.82. The normalized spacial score (nSPS) is 32.1. The Morgan fingerprint density at radius 1 is 1.38 bits per heavy atom. The molecule has 0 bridgehead atoms. The molecule has 2 fully saturated rings. The second-order valence-corrected chi connectivity index (χ2v) is 6.56. The van der Waals surface area contributed by atoms with E-state index in [4.69, 9.17) is 0 Å². The van der Waals surface area contributed by atoms with Crippen molar-refractivity contribution in [3.8, 4) is 0 Å². The van der Waals surface area contributed by atoms with Gasteiger partial charge in [0.15, 0.2) is 0 Å². The highest BCUT2D eigenvalue weighted by Crippen LogP contribution is 2.42. The Bertz CT molecular complexity index is 265. The van der Waals surface area contributed by atoms with E-state index < -0.39 is 0 Å². The zero-order chi connectivity index (χ0) is 11.6. The number of amides is 1. The Hall–Kier alpha value is -0.220. The molecule has 1 saturated heterocycles. The van der Waals surface area contributed by atoms with E-state index in [1.54, 1.807) is 0 Å². The van der Waals surface area contributed by atoms with Crippen molar-refractivity contribution in [3.63, 3.8) is 0 Å². The molecule has 16 heavy (non-hydrogen) atoms. The molecule has 4 heteroatoms. The number of rotatable bonds is 4. The Morgan fingerprint density at radius 2 is 2.12 bits per heavy atom. The van der Waals surface area contributed by atoms with Crippen LogP contribution in [0.1, 0.15) is 39.0 Å². The molecule has 1 unspecified atom stereocenters. The van der Waals surface area contributed by atoms with Gasteiger partial charge in [-0.05, 0) is 45.4 Å². The lowest BCUT2D eigenvalue weighted by molar-refractivity contribution is -0.126. The Balaban J connectivity index is 1.83. The Morgan fingerprint density at radius 3 is 2.56 bits per heavy atom. The van der Waals surface area contributed by atoms with Gasteiger partial charge in [-0.3, -0.25) is 4.79 Å². The minimum atomic E-state index is -0.316. The fourth-order valence-electron chi connectivity index (χ4n) is 2.55. The third kappa shape index (κ3) is 2.23. The zero-order valence-corrected chi connectivity index (χ0v) is 11.1. The van der Waals surface area contributed by atoms with E-state index in [0.717, 1.165) is 25.9 Å². The fourth-order valence-corrected chi connectivity index (χ4v) is 3.46. The summed E-state index contributed by atoms with van der Waals surface area (Å²) in [6, 6.07) is 0. The summed E-state index contributed by atoms with van der Waals surface area (Å²) in [5.41, 5.74) is -0.316.